The van der Waals surface area contributed by atoms with Gasteiger partial charge in [-0.3, -0.25) is 0 Å². The summed E-state index contributed by atoms with van der Waals surface area (Å²) in [7, 11) is 0. The van der Waals surface area contributed by atoms with Crippen molar-refractivity contribution < 1.29 is 0 Å². The predicted molar refractivity (Wildman–Crippen MR) is 351 cm³/mol. The zero-order chi connectivity index (χ0) is 57.8. The monoisotopic (exact) mass is 1070 g/mol. The lowest BCUT2D eigenvalue weighted by Crippen LogP contribution is -2.62. The molecule has 0 aromatic heterocycles. The number of fused-ring (bicyclic) bond motifs is 8. The van der Waals surface area contributed by atoms with Crippen LogP contribution in [0, 0.1) is 16.7 Å². The zero-order valence-electron chi connectivity index (χ0n) is 51.5. The molecular weight excluding hydrogens is 990 g/mol. The Bertz CT molecular complexity index is 4020. The fourth-order valence-electron chi connectivity index (χ4n) is 15.4. The lowest BCUT2D eigenvalue weighted by atomic mass is 9.33. The number of rotatable bonds is 5. The molecule has 8 aromatic rings. The van der Waals surface area contributed by atoms with Crippen LogP contribution in [-0.2, 0) is 32.5 Å². The van der Waals surface area contributed by atoms with Crippen molar-refractivity contribution in [1.29, 1.82) is 5.26 Å². The molecule has 4 heteroatoms. The minimum atomic E-state index is -0.200. The van der Waals surface area contributed by atoms with E-state index in [4.69, 9.17) is 0 Å². The van der Waals surface area contributed by atoms with Gasteiger partial charge in [0.1, 0.15) is 0 Å². The van der Waals surface area contributed by atoms with E-state index in [-0.39, 0.29) is 44.6 Å². The van der Waals surface area contributed by atoms with E-state index < -0.39 is 0 Å². The highest BCUT2D eigenvalue weighted by Crippen LogP contribution is 2.67. The first kappa shape index (κ1) is 53.9. The SMILES string of the molecule is CC(C)(C)c1ccc(N2c3cc(/C=C4\c5ccc(C#N)cc5C5(C)CCCC45C)ccc3B3c4cc5c(cc4N(c4ccc(C(C)(C)C)cc4-c4ccccc4)c4cc(C(C)(C)C)cc2c43)C(C)(C)CCC5(C)C)c(-c2ccccc2)c1. The number of nitriles is 1. The standard InChI is InChI=1S/C78H82BN3/c1-72(2,3)53-29-33-65(57(42-53)51-23-18-16-19-24-51)81-67-41-49(39-59-56-31-27-50(48-80)40-60(56)78(15)36-22-35-77(59,78)14)28-32-63(67)79-64-46-61-62(76(12,13)38-37-75(61,10)11)47-68(64)82(70-45-55(74(7,8)9)44-69(81)71(70)79)66-34-30-54(73(4,5)6)43-58(66)52-25-20-17-21-26-52/h16-21,23-34,39-47H,22,35-38H2,1-15H3/b59-39+. The van der Waals surface area contributed by atoms with Gasteiger partial charge < -0.3 is 9.80 Å². The summed E-state index contributed by atoms with van der Waals surface area (Å²) < 4.78 is 0. The van der Waals surface area contributed by atoms with E-state index in [9.17, 15) is 5.26 Å². The van der Waals surface area contributed by atoms with Crippen molar-refractivity contribution in [2.45, 2.75) is 168 Å². The van der Waals surface area contributed by atoms with Gasteiger partial charge in [-0.2, -0.15) is 5.26 Å². The Hall–Kier alpha value is -7.35. The number of anilines is 6. The van der Waals surface area contributed by atoms with Gasteiger partial charge in [0.25, 0.3) is 6.71 Å². The van der Waals surface area contributed by atoms with E-state index >= 15 is 0 Å². The fraction of sp³-hybridized carbons (Fsp3) is 0.346. The van der Waals surface area contributed by atoms with Crippen LogP contribution in [-0.4, -0.2) is 6.71 Å². The van der Waals surface area contributed by atoms with Crippen molar-refractivity contribution in [3.8, 4) is 28.3 Å². The maximum absolute atomic E-state index is 10.2. The number of allylic oxidation sites excluding steroid dienone is 1. The van der Waals surface area contributed by atoms with E-state index in [2.05, 4.69) is 277 Å². The Kier molecular flexibility index (Phi) is 12.1. The summed E-state index contributed by atoms with van der Waals surface area (Å²) in [6, 6.07) is 63.9. The van der Waals surface area contributed by atoms with Gasteiger partial charge in [0.05, 0.1) is 23.0 Å². The first-order chi connectivity index (χ1) is 38.7. The third-order valence-corrected chi connectivity index (χ3v) is 20.8. The molecule has 0 spiro atoms. The second-order valence-electron chi connectivity index (χ2n) is 30.0. The summed E-state index contributed by atoms with van der Waals surface area (Å²) in [6.07, 6.45) is 8.22. The van der Waals surface area contributed by atoms with Gasteiger partial charge in [0.2, 0.25) is 0 Å². The maximum atomic E-state index is 10.2. The number of benzene rings is 8. The smallest absolute Gasteiger partial charge is 0.252 e. The highest BCUT2D eigenvalue weighted by atomic mass is 15.2. The summed E-state index contributed by atoms with van der Waals surface area (Å²) in [5.41, 5.74) is 28.6. The Morgan fingerprint density at radius 1 is 0.439 bits per heavy atom. The minimum Gasteiger partial charge on any atom is -0.311 e. The molecular formula is C78H82BN3. The lowest BCUT2D eigenvalue weighted by Gasteiger charge is -2.48. The van der Waals surface area contributed by atoms with Gasteiger partial charge in [-0.05, 0) is 191 Å². The average Bonchev–Trinajstić information content (AvgIpc) is 2.83. The number of nitrogens with zero attached hydrogens (tertiary/aromatic N) is 3. The molecule has 1 saturated carbocycles. The number of hydrogen-bond acceptors (Lipinski definition) is 3. The van der Waals surface area contributed by atoms with Crippen molar-refractivity contribution in [2.24, 2.45) is 5.41 Å². The largest absolute Gasteiger partial charge is 0.311 e. The third kappa shape index (κ3) is 8.25. The molecule has 2 unspecified atom stereocenters. The molecule has 0 N–H and O–H groups in total. The Labute approximate surface area is 491 Å². The molecule has 0 radical (unpaired) electrons. The van der Waals surface area contributed by atoms with E-state index in [0.29, 0.717) is 0 Å². The van der Waals surface area contributed by atoms with E-state index in [1.54, 1.807) is 0 Å². The topological polar surface area (TPSA) is 30.3 Å². The molecule has 2 heterocycles. The lowest BCUT2D eigenvalue weighted by molar-refractivity contribution is 0.300. The molecule has 2 aliphatic heterocycles. The van der Waals surface area contributed by atoms with Gasteiger partial charge in [-0.1, -0.05) is 213 Å². The number of hydrogen-bond donors (Lipinski definition) is 0. The van der Waals surface area contributed by atoms with Crippen LogP contribution < -0.4 is 26.2 Å². The van der Waals surface area contributed by atoms with Crippen molar-refractivity contribution in [2.75, 3.05) is 9.80 Å². The molecule has 82 heavy (non-hydrogen) atoms. The first-order valence-corrected chi connectivity index (χ1v) is 30.5. The normalized spacial score (nSPS) is 20.6. The van der Waals surface area contributed by atoms with E-state index in [1.165, 1.54) is 129 Å². The fourth-order valence-corrected chi connectivity index (χ4v) is 15.4. The highest BCUT2D eigenvalue weighted by Gasteiger charge is 2.57. The van der Waals surface area contributed by atoms with Crippen LogP contribution in [0.1, 0.15) is 186 Å². The van der Waals surface area contributed by atoms with Crippen LogP contribution in [0.5, 0.6) is 0 Å². The Morgan fingerprint density at radius 3 is 1.48 bits per heavy atom. The Balaban J connectivity index is 1.17. The molecule has 2 atom stereocenters. The third-order valence-electron chi connectivity index (χ3n) is 20.8. The molecule has 412 valence electrons. The van der Waals surface area contributed by atoms with Crippen LogP contribution in [0.3, 0.4) is 0 Å². The van der Waals surface area contributed by atoms with Crippen molar-refractivity contribution in [1.82, 2.24) is 0 Å². The predicted octanol–water partition coefficient (Wildman–Crippen LogP) is 19.2. The molecule has 5 aliphatic rings. The van der Waals surface area contributed by atoms with Gasteiger partial charge in [0.15, 0.2) is 0 Å². The summed E-state index contributed by atoms with van der Waals surface area (Å²) >= 11 is 0. The molecule has 1 fully saturated rings. The molecule has 0 amide bonds. The van der Waals surface area contributed by atoms with Crippen molar-refractivity contribution in [3.05, 3.63) is 208 Å². The second-order valence-corrected chi connectivity index (χ2v) is 30.0. The quantitative estimate of drug-likeness (QED) is 0.161. The van der Waals surface area contributed by atoms with Crippen LogP contribution in [0.4, 0.5) is 34.1 Å². The molecule has 0 saturated heterocycles. The van der Waals surface area contributed by atoms with E-state index in [1.807, 2.05) is 6.07 Å². The summed E-state index contributed by atoms with van der Waals surface area (Å²) in [5, 5.41) is 10.2. The van der Waals surface area contributed by atoms with Gasteiger partial charge >= 0.3 is 0 Å². The average molecular weight is 1070 g/mol. The molecule has 3 aliphatic carbocycles. The second kappa shape index (κ2) is 18.3. The minimum absolute atomic E-state index is 0.0111. The molecule has 8 aromatic carbocycles. The summed E-state index contributed by atoms with van der Waals surface area (Å²) in [5.74, 6) is 0. The van der Waals surface area contributed by atoms with Crippen molar-refractivity contribution >= 4 is 68.9 Å². The van der Waals surface area contributed by atoms with E-state index in [0.717, 1.165) is 31.2 Å². The highest BCUT2D eigenvalue weighted by molar-refractivity contribution is 7.00. The van der Waals surface area contributed by atoms with Crippen LogP contribution >= 0.6 is 0 Å². The summed E-state index contributed by atoms with van der Waals surface area (Å²) in [6.45, 7) is 36.1. The molecule has 3 nitrogen and oxygen atoms in total. The molecule has 13 rings (SSSR count). The molecule has 0 bridgehead atoms. The van der Waals surface area contributed by atoms with Gasteiger partial charge in [-0.15, -0.1) is 0 Å². The van der Waals surface area contributed by atoms with Crippen molar-refractivity contribution in [3.63, 3.8) is 0 Å². The zero-order valence-corrected chi connectivity index (χ0v) is 51.5. The maximum Gasteiger partial charge on any atom is 0.252 e. The van der Waals surface area contributed by atoms with Crippen LogP contribution in [0.2, 0.25) is 0 Å². The van der Waals surface area contributed by atoms with Crippen LogP contribution in [0.25, 0.3) is 33.9 Å². The van der Waals surface area contributed by atoms with Gasteiger partial charge in [-0.25, -0.2) is 0 Å². The summed E-state index contributed by atoms with van der Waals surface area (Å²) in [4.78, 5) is 5.40. The Morgan fingerprint density at radius 2 is 0.951 bits per heavy atom. The first-order valence-electron chi connectivity index (χ1n) is 30.5. The van der Waals surface area contributed by atoms with Crippen LogP contribution in [0.15, 0.2) is 158 Å². The van der Waals surface area contributed by atoms with Gasteiger partial charge in [0, 0.05) is 44.7 Å².